The Kier molecular flexibility index (Phi) is 8.72. The van der Waals surface area contributed by atoms with Crippen molar-refractivity contribution in [1.29, 1.82) is 0 Å². The highest BCUT2D eigenvalue weighted by atomic mass is 16.3. The van der Waals surface area contributed by atoms with Gasteiger partial charge in [-0.2, -0.15) is 0 Å². The lowest BCUT2D eigenvalue weighted by Crippen LogP contribution is -2.39. The van der Waals surface area contributed by atoms with Crippen LogP contribution < -0.4 is 26.0 Å². The Morgan fingerprint density at radius 3 is 2.64 bits per heavy atom. The third kappa shape index (κ3) is 6.28. The molecule has 15 nitrogen and oxygen atoms in total. The lowest BCUT2D eigenvalue weighted by molar-refractivity contribution is -0.134. The van der Waals surface area contributed by atoms with Crippen LogP contribution in [-0.2, 0) is 23.1 Å². The van der Waals surface area contributed by atoms with E-state index in [1.54, 1.807) is 41.2 Å². The van der Waals surface area contributed by atoms with Crippen LogP contribution in [0.15, 0.2) is 64.2 Å². The Balaban J connectivity index is 0.895. The second-order valence-corrected chi connectivity index (χ2v) is 14.2. The summed E-state index contributed by atoms with van der Waals surface area (Å²) in [6.45, 7) is 4.48. The minimum absolute atomic E-state index is 0.0243. The molecule has 1 unspecified atom stereocenters. The lowest BCUT2D eigenvalue weighted by Gasteiger charge is -2.35. The summed E-state index contributed by atoms with van der Waals surface area (Å²) in [4.78, 5) is 77.8. The number of amides is 3. The minimum atomic E-state index is -0.553. The number of carbonyl (C=O) groups is 3. The van der Waals surface area contributed by atoms with Crippen LogP contribution >= 0.6 is 0 Å². The molecule has 3 aliphatic heterocycles. The maximum absolute atomic E-state index is 12.9. The van der Waals surface area contributed by atoms with E-state index in [-0.39, 0.29) is 36.0 Å². The van der Waals surface area contributed by atoms with Crippen molar-refractivity contribution < 1.29 is 18.8 Å². The molecule has 0 aromatic carbocycles. The number of piperidine rings is 1. The second-order valence-electron chi connectivity index (χ2n) is 14.2. The first kappa shape index (κ1) is 34.8. The SMILES string of the molecule is Cc1cc2c(N3CCCc4nc(-c5ccc(C(=O)NCC#Cc6cc7c(C8CCC(=O)NC8=O)nccc7o6)nc5)ncc43)nc(N3CCC3)cc2n(C)c1=O. The van der Waals surface area contributed by atoms with Crippen molar-refractivity contribution in [3.8, 4) is 23.2 Å². The maximum Gasteiger partial charge on any atom is 0.270 e. The molecule has 6 aromatic rings. The number of hydrogen-bond donors (Lipinski definition) is 2. The summed E-state index contributed by atoms with van der Waals surface area (Å²) in [5.74, 6) is 6.70. The number of anilines is 3. The number of hydrogen-bond acceptors (Lipinski definition) is 12. The monoisotopic (exact) mass is 748 g/mol. The number of rotatable bonds is 6. The largest absolute Gasteiger partial charge is 0.448 e. The fourth-order valence-corrected chi connectivity index (χ4v) is 7.49. The highest BCUT2D eigenvalue weighted by molar-refractivity contribution is 6.02. The van der Waals surface area contributed by atoms with E-state index in [4.69, 9.17) is 19.4 Å². The molecule has 6 aromatic heterocycles. The average molecular weight is 749 g/mol. The zero-order valence-electron chi connectivity index (χ0n) is 30.8. The third-order valence-corrected chi connectivity index (χ3v) is 10.6. The Bertz CT molecular complexity index is 2720. The molecule has 15 heteroatoms. The van der Waals surface area contributed by atoms with E-state index in [1.165, 1.54) is 0 Å². The van der Waals surface area contributed by atoms with Crippen molar-refractivity contribution in [2.24, 2.45) is 7.05 Å². The molecule has 0 aliphatic carbocycles. The van der Waals surface area contributed by atoms with Crippen molar-refractivity contribution in [3.05, 3.63) is 93.7 Å². The van der Waals surface area contributed by atoms with Crippen molar-refractivity contribution in [2.45, 2.75) is 44.9 Å². The summed E-state index contributed by atoms with van der Waals surface area (Å²) < 4.78 is 7.55. The van der Waals surface area contributed by atoms with Crippen LogP contribution in [0.3, 0.4) is 0 Å². The standard InChI is InChI=1S/C41H36N10O5/c1-23-18-27-31(49(2)41(23)55)20-34(50-15-5-16-50)47-38(27)51-17-4-7-29-32(51)22-45-37(46-29)24-8-10-30(44-21-24)40(54)43-13-3-6-25-19-28-33(56-25)12-14-42-36(28)26-9-11-35(52)48-39(26)53/h8,10,12,14,18-22,26H,4-5,7,9,11,13,15-17H2,1-2H3,(H,43,54)(H,48,52,53). The van der Waals surface area contributed by atoms with Crippen molar-refractivity contribution in [1.82, 2.24) is 40.1 Å². The van der Waals surface area contributed by atoms with Gasteiger partial charge in [-0.1, -0.05) is 5.92 Å². The number of aromatic nitrogens is 6. The lowest BCUT2D eigenvalue weighted by atomic mass is 9.92. The van der Waals surface area contributed by atoms with Gasteiger partial charge in [-0.25, -0.2) is 15.0 Å². The van der Waals surface area contributed by atoms with Crippen LogP contribution in [0, 0.1) is 18.8 Å². The number of nitrogens with one attached hydrogen (secondary N) is 2. The van der Waals surface area contributed by atoms with Gasteiger partial charge in [0.05, 0.1) is 41.3 Å². The van der Waals surface area contributed by atoms with Gasteiger partial charge in [0.25, 0.3) is 11.5 Å². The van der Waals surface area contributed by atoms with Crippen molar-refractivity contribution in [2.75, 3.05) is 36.0 Å². The zero-order chi connectivity index (χ0) is 38.5. The molecule has 0 radical (unpaired) electrons. The first-order chi connectivity index (χ1) is 27.2. The van der Waals surface area contributed by atoms with Gasteiger partial charge in [-0.15, -0.1) is 0 Å². The van der Waals surface area contributed by atoms with E-state index < -0.39 is 11.8 Å². The Morgan fingerprint density at radius 1 is 0.982 bits per heavy atom. The summed E-state index contributed by atoms with van der Waals surface area (Å²) in [6.07, 6.45) is 8.33. The smallest absolute Gasteiger partial charge is 0.270 e. The van der Waals surface area contributed by atoms with E-state index in [1.807, 2.05) is 32.3 Å². The predicted octanol–water partition coefficient (Wildman–Crippen LogP) is 3.83. The quantitative estimate of drug-likeness (QED) is 0.186. The summed E-state index contributed by atoms with van der Waals surface area (Å²) in [5.41, 5.74) is 5.19. The van der Waals surface area contributed by atoms with Crippen molar-refractivity contribution >= 4 is 56.9 Å². The van der Waals surface area contributed by atoms with E-state index in [0.29, 0.717) is 45.8 Å². The molecule has 9 heterocycles. The van der Waals surface area contributed by atoms with E-state index in [2.05, 4.69) is 42.2 Å². The van der Waals surface area contributed by atoms with Gasteiger partial charge >= 0.3 is 0 Å². The topological polar surface area (TPSA) is 181 Å². The molecule has 9 rings (SSSR count). The molecule has 3 amide bonds. The molecular formula is C41H36N10O5. The number of fused-ring (bicyclic) bond motifs is 3. The molecular weight excluding hydrogens is 713 g/mol. The highest BCUT2D eigenvalue weighted by Gasteiger charge is 2.31. The van der Waals surface area contributed by atoms with E-state index in [0.717, 1.165) is 72.8 Å². The molecule has 56 heavy (non-hydrogen) atoms. The molecule has 1 atom stereocenters. The first-order valence-electron chi connectivity index (χ1n) is 18.6. The van der Waals surface area contributed by atoms with Gasteiger partial charge in [0.15, 0.2) is 11.6 Å². The molecule has 0 saturated carbocycles. The zero-order valence-corrected chi connectivity index (χ0v) is 30.8. The fraction of sp³-hybridized carbons (Fsp3) is 0.293. The van der Waals surface area contributed by atoms with Crippen LogP contribution in [0.2, 0.25) is 0 Å². The van der Waals surface area contributed by atoms with Crippen LogP contribution in [0.25, 0.3) is 33.3 Å². The number of imide groups is 1. The average Bonchev–Trinajstić information content (AvgIpc) is 3.61. The van der Waals surface area contributed by atoms with Crippen LogP contribution in [0.5, 0.6) is 0 Å². The number of nitrogens with zero attached hydrogens (tertiary/aromatic N) is 8. The van der Waals surface area contributed by atoms with Gasteiger partial charge in [-0.3, -0.25) is 34.5 Å². The van der Waals surface area contributed by atoms with Crippen LogP contribution in [-0.4, -0.2) is 73.4 Å². The molecule has 0 spiro atoms. The number of aryl methyl sites for hydroxylation is 3. The van der Waals surface area contributed by atoms with Gasteiger partial charge in [0.2, 0.25) is 11.8 Å². The summed E-state index contributed by atoms with van der Waals surface area (Å²) in [5, 5.41) is 6.69. The van der Waals surface area contributed by atoms with E-state index in [9.17, 15) is 19.2 Å². The fourth-order valence-electron chi connectivity index (χ4n) is 7.49. The van der Waals surface area contributed by atoms with Crippen LogP contribution in [0.1, 0.15) is 64.8 Å². The third-order valence-electron chi connectivity index (χ3n) is 10.6. The molecule has 3 aliphatic rings. The summed E-state index contributed by atoms with van der Waals surface area (Å²) in [6, 6.07) is 10.7. The normalized spacial score (nSPS) is 16.6. The maximum atomic E-state index is 12.9. The molecule has 280 valence electrons. The van der Waals surface area contributed by atoms with Gasteiger partial charge in [0.1, 0.15) is 22.9 Å². The minimum Gasteiger partial charge on any atom is -0.448 e. The Labute approximate surface area is 320 Å². The number of furan rings is 1. The molecule has 2 N–H and O–H groups in total. The van der Waals surface area contributed by atoms with Crippen molar-refractivity contribution in [3.63, 3.8) is 0 Å². The van der Waals surface area contributed by atoms with Gasteiger partial charge < -0.3 is 24.1 Å². The predicted molar refractivity (Wildman–Crippen MR) is 207 cm³/mol. The molecule has 0 bridgehead atoms. The highest BCUT2D eigenvalue weighted by Crippen LogP contribution is 2.38. The second kappa shape index (κ2) is 14.0. The molecule has 2 fully saturated rings. The summed E-state index contributed by atoms with van der Waals surface area (Å²) in [7, 11) is 1.81. The Morgan fingerprint density at radius 2 is 1.86 bits per heavy atom. The molecule has 2 saturated heterocycles. The first-order valence-corrected chi connectivity index (χ1v) is 18.6. The van der Waals surface area contributed by atoms with E-state index >= 15 is 0 Å². The Hall–Kier alpha value is -6.95. The number of carbonyl (C=O) groups excluding carboxylic acids is 3. The number of pyridine rings is 4. The van der Waals surface area contributed by atoms with Crippen LogP contribution in [0.4, 0.5) is 17.3 Å². The summed E-state index contributed by atoms with van der Waals surface area (Å²) >= 11 is 0. The van der Waals surface area contributed by atoms with Gasteiger partial charge in [-0.05, 0) is 62.8 Å². The van der Waals surface area contributed by atoms with Gasteiger partial charge in [0, 0.05) is 79.5 Å².